The number of hydrogen-bond donors (Lipinski definition) is 2. The van der Waals surface area contributed by atoms with Crippen LogP contribution in [0.2, 0.25) is 0 Å². The van der Waals surface area contributed by atoms with Gasteiger partial charge in [-0.15, -0.1) is 22.7 Å². The summed E-state index contributed by atoms with van der Waals surface area (Å²) < 4.78 is 25.6. The molecule has 0 unspecified atom stereocenters. The second kappa shape index (κ2) is 10.4. The zero-order valence-electron chi connectivity index (χ0n) is 18.1. The molecule has 2 heterocycles. The van der Waals surface area contributed by atoms with Crippen LogP contribution in [0.5, 0.6) is 11.5 Å². The molecule has 2 aromatic heterocycles. The van der Waals surface area contributed by atoms with Gasteiger partial charge >= 0.3 is 0 Å². The Hall–Kier alpha value is -3.83. The van der Waals surface area contributed by atoms with E-state index in [1.165, 1.54) is 48.8 Å². The van der Waals surface area contributed by atoms with Crippen molar-refractivity contribution in [3.63, 3.8) is 0 Å². The van der Waals surface area contributed by atoms with Crippen molar-refractivity contribution in [2.75, 3.05) is 17.7 Å². The van der Waals surface area contributed by atoms with E-state index in [1.807, 2.05) is 5.38 Å². The molecule has 2 aromatic carbocycles. The van der Waals surface area contributed by atoms with Gasteiger partial charge in [-0.25, -0.2) is 14.4 Å². The molecule has 0 aliphatic carbocycles. The summed E-state index contributed by atoms with van der Waals surface area (Å²) in [4.78, 5) is 32.4. The van der Waals surface area contributed by atoms with Gasteiger partial charge in [0.05, 0.1) is 24.0 Å². The molecule has 0 radical (unpaired) electrons. The van der Waals surface area contributed by atoms with Crippen LogP contribution in [-0.4, -0.2) is 28.9 Å². The highest BCUT2D eigenvalue weighted by molar-refractivity contribution is 7.14. The maximum atomic E-state index is 14.5. The number of benzene rings is 2. The molecule has 34 heavy (non-hydrogen) atoms. The van der Waals surface area contributed by atoms with E-state index >= 15 is 0 Å². The highest BCUT2D eigenvalue weighted by Gasteiger charge is 2.15. The standard InChI is InChI=1S/C23H19FN4O4S2/c1-13(29)26-15-4-5-17(18(24)8-15)19-11-34-23(27-19)28-22(30)14-3-6-20(21(7-14)31-2)32-9-16-10-33-12-25-16/h3-8,10-12H,9H2,1-2H3,(H,26,29)(H,27,28,30). The van der Waals surface area contributed by atoms with Gasteiger partial charge in [0.15, 0.2) is 16.6 Å². The van der Waals surface area contributed by atoms with Crippen LogP contribution in [0, 0.1) is 5.82 Å². The molecule has 4 rings (SSSR count). The highest BCUT2D eigenvalue weighted by Crippen LogP contribution is 2.31. The van der Waals surface area contributed by atoms with E-state index in [1.54, 1.807) is 35.2 Å². The van der Waals surface area contributed by atoms with E-state index in [2.05, 4.69) is 20.6 Å². The largest absolute Gasteiger partial charge is 0.493 e. The van der Waals surface area contributed by atoms with Crippen molar-refractivity contribution in [2.45, 2.75) is 13.5 Å². The smallest absolute Gasteiger partial charge is 0.257 e. The maximum absolute atomic E-state index is 14.5. The molecule has 8 nitrogen and oxygen atoms in total. The molecule has 0 bridgehead atoms. The Morgan fingerprint density at radius 3 is 2.65 bits per heavy atom. The van der Waals surface area contributed by atoms with Gasteiger partial charge in [-0.2, -0.15) is 0 Å². The van der Waals surface area contributed by atoms with Gasteiger partial charge in [0.2, 0.25) is 5.91 Å². The maximum Gasteiger partial charge on any atom is 0.257 e. The predicted octanol–water partition coefficient (Wildman–Crippen LogP) is 5.20. The third kappa shape index (κ3) is 5.56. The summed E-state index contributed by atoms with van der Waals surface area (Å²) in [6.07, 6.45) is 0. The summed E-state index contributed by atoms with van der Waals surface area (Å²) in [6.45, 7) is 1.63. The van der Waals surface area contributed by atoms with Crippen LogP contribution in [0.1, 0.15) is 23.0 Å². The van der Waals surface area contributed by atoms with Crippen molar-refractivity contribution in [2.24, 2.45) is 0 Å². The Bertz CT molecular complexity index is 1320. The first-order valence-corrected chi connectivity index (χ1v) is 11.8. The number of aromatic nitrogens is 2. The molecule has 2 amide bonds. The van der Waals surface area contributed by atoms with Gasteiger partial charge in [0.25, 0.3) is 5.91 Å². The molecule has 11 heteroatoms. The second-order valence-corrected chi connectivity index (χ2v) is 8.58. The number of rotatable bonds is 8. The number of hydrogen-bond acceptors (Lipinski definition) is 8. The van der Waals surface area contributed by atoms with Gasteiger partial charge in [0, 0.05) is 34.5 Å². The molecule has 0 atom stereocenters. The number of carbonyl (C=O) groups excluding carboxylic acids is 2. The minimum atomic E-state index is -0.535. The van der Waals surface area contributed by atoms with Crippen LogP contribution < -0.4 is 20.1 Å². The summed E-state index contributed by atoms with van der Waals surface area (Å²) in [5.74, 6) is -0.327. The van der Waals surface area contributed by atoms with E-state index < -0.39 is 11.7 Å². The van der Waals surface area contributed by atoms with Crippen LogP contribution in [0.3, 0.4) is 0 Å². The lowest BCUT2D eigenvalue weighted by Gasteiger charge is -2.11. The van der Waals surface area contributed by atoms with Crippen LogP contribution in [0.4, 0.5) is 15.2 Å². The summed E-state index contributed by atoms with van der Waals surface area (Å²) in [6, 6.07) is 9.17. The SMILES string of the molecule is COc1cc(C(=O)Nc2nc(-c3ccc(NC(C)=O)cc3F)cs2)ccc1OCc1cscn1. The number of nitrogens with zero attached hydrogens (tertiary/aromatic N) is 2. The number of methoxy groups -OCH3 is 1. The Kier molecular flexibility index (Phi) is 7.14. The normalized spacial score (nSPS) is 10.6. The van der Waals surface area contributed by atoms with Gasteiger partial charge in [-0.05, 0) is 36.4 Å². The summed E-state index contributed by atoms with van der Waals surface area (Å²) in [7, 11) is 1.49. The second-order valence-electron chi connectivity index (χ2n) is 7.00. The molecule has 0 fully saturated rings. The topological polar surface area (TPSA) is 102 Å². The average Bonchev–Trinajstić information content (AvgIpc) is 3.49. The Labute approximate surface area is 202 Å². The quantitative estimate of drug-likeness (QED) is 0.346. The first-order chi connectivity index (χ1) is 16.4. The third-order valence-electron chi connectivity index (χ3n) is 4.57. The highest BCUT2D eigenvalue weighted by atomic mass is 32.1. The van der Waals surface area contributed by atoms with Crippen molar-refractivity contribution < 1.29 is 23.5 Å². The first-order valence-electron chi connectivity index (χ1n) is 9.95. The zero-order chi connectivity index (χ0) is 24.1. The minimum Gasteiger partial charge on any atom is -0.493 e. The van der Waals surface area contributed by atoms with Crippen molar-refractivity contribution >= 4 is 45.3 Å². The van der Waals surface area contributed by atoms with Gasteiger partial charge in [-0.3, -0.25) is 14.9 Å². The van der Waals surface area contributed by atoms with E-state index in [0.717, 1.165) is 5.69 Å². The van der Waals surface area contributed by atoms with Crippen molar-refractivity contribution in [3.8, 4) is 22.8 Å². The van der Waals surface area contributed by atoms with E-state index in [0.29, 0.717) is 33.6 Å². The molecule has 174 valence electrons. The Morgan fingerprint density at radius 2 is 1.94 bits per heavy atom. The average molecular weight is 499 g/mol. The molecule has 4 aromatic rings. The molecule has 0 saturated carbocycles. The Morgan fingerprint density at radius 1 is 1.09 bits per heavy atom. The fourth-order valence-electron chi connectivity index (χ4n) is 3.02. The first kappa shape index (κ1) is 23.3. The molecule has 0 aliphatic rings. The molecule has 0 spiro atoms. The lowest BCUT2D eigenvalue weighted by atomic mass is 10.1. The van der Waals surface area contributed by atoms with Crippen LogP contribution in [0.25, 0.3) is 11.3 Å². The van der Waals surface area contributed by atoms with Crippen LogP contribution in [-0.2, 0) is 11.4 Å². The van der Waals surface area contributed by atoms with Gasteiger partial charge < -0.3 is 14.8 Å². The van der Waals surface area contributed by atoms with E-state index in [-0.39, 0.29) is 18.1 Å². The summed E-state index contributed by atoms with van der Waals surface area (Å²) in [5, 5.41) is 9.08. The number of ether oxygens (including phenoxy) is 2. The van der Waals surface area contributed by atoms with Crippen molar-refractivity contribution in [1.82, 2.24) is 9.97 Å². The lowest BCUT2D eigenvalue weighted by molar-refractivity contribution is -0.114. The number of amides is 2. The number of thiazole rings is 2. The summed E-state index contributed by atoms with van der Waals surface area (Å²) >= 11 is 2.65. The lowest BCUT2D eigenvalue weighted by Crippen LogP contribution is -2.12. The molecule has 0 saturated heterocycles. The molecule has 0 aliphatic heterocycles. The van der Waals surface area contributed by atoms with Crippen LogP contribution >= 0.6 is 22.7 Å². The minimum absolute atomic E-state index is 0.258. The van der Waals surface area contributed by atoms with Gasteiger partial charge in [-0.1, -0.05) is 0 Å². The molecular formula is C23H19FN4O4S2. The van der Waals surface area contributed by atoms with Crippen molar-refractivity contribution in [3.05, 3.63) is 69.7 Å². The number of anilines is 2. The van der Waals surface area contributed by atoms with E-state index in [9.17, 15) is 14.0 Å². The third-order valence-corrected chi connectivity index (χ3v) is 5.97. The molecule has 2 N–H and O–H groups in total. The van der Waals surface area contributed by atoms with E-state index in [4.69, 9.17) is 9.47 Å². The van der Waals surface area contributed by atoms with Crippen molar-refractivity contribution in [1.29, 1.82) is 0 Å². The Balaban J connectivity index is 1.44. The monoisotopic (exact) mass is 498 g/mol. The van der Waals surface area contributed by atoms with Crippen LogP contribution in [0.15, 0.2) is 52.7 Å². The fourth-order valence-corrected chi connectivity index (χ4v) is 4.27. The summed E-state index contributed by atoms with van der Waals surface area (Å²) in [5.41, 5.74) is 3.85. The number of nitrogens with one attached hydrogen (secondary N) is 2. The fraction of sp³-hybridized carbons (Fsp3) is 0.130. The predicted molar refractivity (Wildman–Crippen MR) is 129 cm³/mol. The van der Waals surface area contributed by atoms with Gasteiger partial charge in [0.1, 0.15) is 12.4 Å². The number of halogens is 1. The number of carbonyl (C=O) groups is 2. The zero-order valence-corrected chi connectivity index (χ0v) is 19.8. The molecular weight excluding hydrogens is 479 g/mol.